The number of carbonyl (C=O) groups excluding carboxylic acids is 1. The van der Waals surface area contributed by atoms with Crippen LogP contribution in [0.5, 0.6) is 0 Å². The minimum absolute atomic E-state index is 0. The van der Waals surface area contributed by atoms with Crippen LogP contribution in [-0.2, 0) is 9.53 Å². The van der Waals surface area contributed by atoms with Crippen LogP contribution in [0.25, 0.3) is 0 Å². The highest BCUT2D eigenvalue weighted by Crippen LogP contribution is 2.29. The molecule has 2 aliphatic rings. The topological polar surface area (TPSA) is 55.6 Å². The molecule has 0 aromatic carbocycles. The molecule has 0 aromatic rings. The molecule has 100 valence electrons. The minimum Gasteiger partial charge on any atom is -0.381 e. The highest BCUT2D eigenvalue weighted by Gasteiger charge is 2.36. The Hall–Kier alpha value is -0.320. The normalized spacial score (nSPS) is 25.2. The highest BCUT2D eigenvalue weighted by atomic mass is 35.5. The minimum atomic E-state index is -0.317. The fraction of sp³-hybridized carbons (Fsp3) is 0.917. The van der Waals surface area contributed by atoms with Crippen molar-refractivity contribution in [3.63, 3.8) is 0 Å². The van der Waals surface area contributed by atoms with Crippen molar-refractivity contribution in [2.75, 3.05) is 19.8 Å². The van der Waals surface area contributed by atoms with Crippen molar-refractivity contribution in [2.45, 2.75) is 44.7 Å². The summed E-state index contributed by atoms with van der Waals surface area (Å²) in [6.07, 6.45) is 4.10. The van der Waals surface area contributed by atoms with Crippen LogP contribution in [0, 0.1) is 5.92 Å². The van der Waals surface area contributed by atoms with Crippen molar-refractivity contribution < 1.29 is 9.53 Å². The Morgan fingerprint density at radius 3 is 2.65 bits per heavy atom. The summed E-state index contributed by atoms with van der Waals surface area (Å²) < 4.78 is 5.36. The zero-order valence-corrected chi connectivity index (χ0v) is 11.2. The first-order chi connectivity index (χ1) is 7.72. The van der Waals surface area contributed by atoms with Gasteiger partial charge in [0.15, 0.2) is 0 Å². The average Bonchev–Trinajstić information content (AvgIpc) is 3.01. The fourth-order valence-electron chi connectivity index (χ4n) is 2.20. The van der Waals surface area contributed by atoms with Gasteiger partial charge < -0.3 is 15.4 Å². The van der Waals surface area contributed by atoms with Crippen LogP contribution < -0.4 is 5.73 Å². The lowest BCUT2D eigenvalue weighted by Crippen LogP contribution is -2.46. The second kappa shape index (κ2) is 6.57. The Bertz CT molecular complexity index is 253. The Kier molecular flexibility index (Phi) is 5.70. The Morgan fingerprint density at radius 2 is 2.18 bits per heavy atom. The maximum atomic E-state index is 12.1. The van der Waals surface area contributed by atoms with Gasteiger partial charge in [0.2, 0.25) is 5.91 Å². The van der Waals surface area contributed by atoms with Crippen molar-refractivity contribution in [1.82, 2.24) is 4.90 Å². The summed E-state index contributed by atoms with van der Waals surface area (Å²) in [7, 11) is 0. The van der Waals surface area contributed by atoms with Crippen molar-refractivity contribution in [2.24, 2.45) is 11.7 Å². The molecule has 17 heavy (non-hydrogen) atoms. The molecule has 1 heterocycles. The summed E-state index contributed by atoms with van der Waals surface area (Å²) in [5, 5.41) is 0. The highest BCUT2D eigenvalue weighted by molar-refractivity contribution is 5.85. The summed E-state index contributed by atoms with van der Waals surface area (Å²) in [5.74, 6) is 0.658. The molecule has 1 saturated heterocycles. The number of carbonyl (C=O) groups is 1. The zero-order valence-electron chi connectivity index (χ0n) is 10.4. The number of rotatable bonds is 5. The van der Waals surface area contributed by atoms with E-state index in [2.05, 4.69) is 0 Å². The number of amides is 1. The third-order valence-corrected chi connectivity index (χ3v) is 3.51. The summed E-state index contributed by atoms with van der Waals surface area (Å²) in [6, 6.07) is 0.147. The number of hydrogen-bond acceptors (Lipinski definition) is 3. The Balaban J connectivity index is 0.00000144. The maximum absolute atomic E-state index is 12.1. The summed E-state index contributed by atoms with van der Waals surface area (Å²) in [6.45, 7) is 4.46. The number of ether oxygens (including phenoxy) is 1. The van der Waals surface area contributed by atoms with Gasteiger partial charge in [0.05, 0.1) is 12.6 Å². The molecule has 4 nitrogen and oxygen atoms in total. The van der Waals surface area contributed by atoms with E-state index in [1.54, 1.807) is 0 Å². The van der Waals surface area contributed by atoms with Crippen LogP contribution >= 0.6 is 12.4 Å². The summed E-state index contributed by atoms with van der Waals surface area (Å²) in [5.41, 5.74) is 5.83. The zero-order chi connectivity index (χ0) is 11.5. The molecule has 2 fully saturated rings. The molecule has 1 unspecified atom stereocenters. The molecule has 1 aliphatic heterocycles. The van der Waals surface area contributed by atoms with E-state index in [1.807, 2.05) is 11.8 Å². The standard InChI is InChI=1S/C12H22N2O2.ClH/c1-2-11(13)12(15)14(10-3-4-10)7-9-5-6-16-8-9;/h9-11H,2-8,13H2,1H3;1H/t9?,11-;/m0./s1. The van der Waals surface area contributed by atoms with E-state index >= 15 is 0 Å². The van der Waals surface area contributed by atoms with E-state index in [9.17, 15) is 4.79 Å². The lowest BCUT2D eigenvalue weighted by molar-refractivity contribution is -0.133. The van der Waals surface area contributed by atoms with E-state index in [0.29, 0.717) is 12.0 Å². The van der Waals surface area contributed by atoms with Crippen molar-refractivity contribution in [1.29, 1.82) is 0 Å². The molecule has 5 heteroatoms. The first-order valence-electron chi connectivity index (χ1n) is 6.36. The second-order valence-electron chi connectivity index (χ2n) is 4.97. The van der Waals surface area contributed by atoms with Crippen LogP contribution in [0.1, 0.15) is 32.6 Å². The molecular formula is C12H23ClN2O2. The van der Waals surface area contributed by atoms with Gasteiger partial charge in [-0.15, -0.1) is 12.4 Å². The molecule has 1 amide bonds. The third-order valence-electron chi connectivity index (χ3n) is 3.51. The first kappa shape index (κ1) is 14.7. The van der Waals surface area contributed by atoms with E-state index in [4.69, 9.17) is 10.5 Å². The second-order valence-corrected chi connectivity index (χ2v) is 4.97. The van der Waals surface area contributed by atoms with Gasteiger partial charge >= 0.3 is 0 Å². The SMILES string of the molecule is CC[C@H](N)C(=O)N(CC1CCOC1)C1CC1.Cl. The Labute approximate surface area is 109 Å². The molecule has 0 spiro atoms. The first-order valence-corrected chi connectivity index (χ1v) is 6.36. The summed E-state index contributed by atoms with van der Waals surface area (Å²) >= 11 is 0. The third kappa shape index (κ3) is 3.83. The molecule has 2 N–H and O–H groups in total. The number of nitrogens with two attached hydrogens (primary N) is 1. The van der Waals surface area contributed by atoms with Gasteiger partial charge in [-0.2, -0.15) is 0 Å². The van der Waals surface area contributed by atoms with Crippen LogP contribution in [0.2, 0.25) is 0 Å². The molecule has 2 atom stereocenters. The number of hydrogen-bond donors (Lipinski definition) is 1. The molecule has 1 saturated carbocycles. The number of nitrogens with zero attached hydrogens (tertiary/aromatic N) is 1. The van der Waals surface area contributed by atoms with E-state index in [0.717, 1.165) is 45.4 Å². The van der Waals surface area contributed by atoms with E-state index in [1.165, 1.54) is 0 Å². The molecule has 0 radical (unpaired) electrons. The lowest BCUT2D eigenvalue weighted by Gasteiger charge is -2.27. The van der Waals surface area contributed by atoms with Gasteiger partial charge in [0.1, 0.15) is 0 Å². The van der Waals surface area contributed by atoms with Crippen LogP contribution in [0.3, 0.4) is 0 Å². The van der Waals surface area contributed by atoms with Crippen LogP contribution in [-0.4, -0.2) is 42.6 Å². The van der Waals surface area contributed by atoms with Crippen LogP contribution in [0.4, 0.5) is 0 Å². The van der Waals surface area contributed by atoms with E-state index < -0.39 is 0 Å². The van der Waals surface area contributed by atoms with Crippen molar-refractivity contribution in [3.8, 4) is 0 Å². The van der Waals surface area contributed by atoms with Crippen molar-refractivity contribution >= 4 is 18.3 Å². The Morgan fingerprint density at radius 1 is 1.47 bits per heavy atom. The largest absolute Gasteiger partial charge is 0.381 e. The van der Waals surface area contributed by atoms with Gasteiger partial charge in [0, 0.05) is 25.1 Å². The van der Waals surface area contributed by atoms with Gasteiger partial charge in [-0.3, -0.25) is 4.79 Å². The predicted molar refractivity (Wildman–Crippen MR) is 69.2 cm³/mol. The van der Waals surface area contributed by atoms with Gasteiger partial charge in [0.25, 0.3) is 0 Å². The maximum Gasteiger partial charge on any atom is 0.239 e. The lowest BCUT2D eigenvalue weighted by atomic mass is 10.1. The van der Waals surface area contributed by atoms with Crippen molar-refractivity contribution in [3.05, 3.63) is 0 Å². The van der Waals surface area contributed by atoms with Crippen LogP contribution in [0.15, 0.2) is 0 Å². The molecule has 1 aliphatic carbocycles. The quantitative estimate of drug-likeness (QED) is 0.809. The molecule has 0 aromatic heterocycles. The average molecular weight is 263 g/mol. The fourth-order valence-corrected chi connectivity index (χ4v) is 2.20. The summed E-state index contributed by atoms with van der Waals surface area (Å²) in [4.78, 5) is 14.1. The number of halogens is 1. The molecular weight excluding hydrogens is 240 g/mol. The van der Waals surface area contributed by atoms with Gasteiger partial charge in [-0.1, -0.05) is 6.92 Å². The van der Waals surface area contributed by atoms with Gasteiger partial charge in [-0.05, 0) is 25.7 Å². The monoisotopic (exact) mass is 262 g/mol. The smallest absolute Gasteiger partial charge is 0.239 e. The molecule has 0 bridgehead atoms. The molecule has 2 rings (SSSR count). The van der Waals surface area contributed by atoms with E-state index in [-0.39, 0.29) is 24.4 Å². The van der Waals surface area contributed by atoms with Gasteiger partial charge in [-0.25, -0.2) is 0 Å². The predicted octanol–water partition coefficient (Wildman–Crippen LogP) is 1.17.